The number of rotatable bonds is 15. The van der Waals surface area contributed by atoms with Crippen LogP contribution in [-0.4, -0.2) is 62.2 Å². The minimum absolute atomic E-state index is 0.0100. The molecule has 10 nitrogen and oxygen atoms in total. The van der Waals surface area contributed by atoms with E-state index in [2.05, 4.69) is 13.8 Å². The van der Waals surface area contributed by atoms with Crippen LogP contribution in [-0.2, 0) is 33.1 Å². The van der Waals surface area contributed by atoms with E-state index in [1.54, 1.807) is 14.2 Å². The predicted octanol–water partition coefficient (Wildman–Crippen LogP) is 5.79. The number of ether oxygens (including phenoxy) is 5. The van der Waals surface area contributed by atoms with Crippen LogP contribution in [0.15, 0.2) is 131 Å². The fourth-order valence-electron chi connectivity index (χ4n) is 6.50. The molecule has 4 atom stereocenters. The average molecular weight is 772 g/mol. The zero-order valence-electron chi connectivity index (χ0n) is 29.7. The molecule has 6 rings (SSSR count). The van der Waals surface area contributed by atoms with Gasteiger partial charge in [-0.15, -0.1) is 0 Å². The number of methoxy groups -OCH3 is 2. The molecule has 52 heavy (non-hydrogen) atoms. The number of aliphatic hydroxyl groups is 1. The van der Waals surface area contributed by atoms with Crippen LogP contribution in [0.1, 0.15) is 42.3 Å². The summed E-state index contributed by atoms with van der Waals surface area (Å²) in [6, 6.07) is 36.2. The Morgan fingerprint density at radius 1 is 0.788 bits per heavy atom. The molecule has 0 radical (unpaired) electrons. The fraction of sp³-hybridized carbons (Fsp3) is 0.317. The van der Waals surface area contributed by atoms with Crippen LogP contribution in [0.2, 0.25) is 9.63 Å². The van der Waals surface area contributed by atoms with Crippen molar-refractivity contribution in [2.45, 2.75) is 60.9 Å². The second kappa shape index (κ2) is 16.9. The monoisotopic (exact) mass is 772 g/mol. The van der Waals surface area contributed by atoms with Gasteiger partial charge in [-0.05, 0) is 0 Å². The molecule has 0 saturated carbocycles. The Morgan fingerprint density at radius 2 is 1.35 bits per heavy atom. The molecule has 0 aliphatic carbocycles. The van der Waals surface area contributed by atoms with Crippen LogP contribution in [0.3, 0.4) is 0 Å². The summed E-state index contributed by atoms with van der Waals surface area (Å²) < 4.78 is 32.9. The van der Waals surface area contributed by atoms with Crippen LogP contribution in [0, 0.1) is 0 Å². The van der Waals surface area contributed by atoms with E-state index in [4.69, 9.17) is 23.7 Å². The molecular weight excluding hydrogens is 727 g/mol. The van der Waals surface area contributed by atoms with Crippen molar-refractivity contribution in [2.75, 3.05) is 20.8 Å². The zero-order valence-corrected chi connectivity index (χ0v) is 31.4. The SMILES string of the molecule is COc1ccc(C(OC[C@H]2O[C@@H](n3ccc(=O)n(COCc4ccccc4)c3=O)[C@H]([Se]C(C)C)[C@@H]2O)(c2ccccc2)c2ccc(OC)cc2)cc1. The quantitative estimate of drug-likeness (QED) is 0.105. The van der Waals surface area contributed by atoms with E-state index < -0.39 is 40.1 Å². The van der Waals surface area contributed by atoms with Crippen molar-refractivity contribution in [1.82, 2.24) is 9.13 Å². The van der Waals surface area contributed by atoms with Crippen LogP contribution < -0.4 is 20.7 Å². The van der Waals surface area contributed by atoms with Gasteiger partial charge in [0.25, 0.3) is 0 Å². The molecule has 272 valence electrons. The number of hydrogen-bond acceptors (Lipinski definition) is 8. The van der Waals surface area contributed by atoms with Gasteiger partial charge < -0.3 is 0 Å². The van der Waals surface area contributed by atoms with Gasteiger partial charge in [-0.3, -0.25) is 0 Å². The number of hydrogen-bond donors (Lipinski definition) is 1. The van der Waals surface area contributed by atoms with Gasteiger partial charge in [-0.25, -0.2) is 0 Å². The van der Waals surface area contributed by atoms with Crippen LogP contribution >= 0.6 is 0 Å². The molecule has 1 fully saturated rings. The molecule has 1 aromatic heterocycles. The Kier molecular flexibility index (Phi) is 12.1. The van der Waals surface area contributed by atoms with Gasteiger partial charge in [0.2, 0.25) is 0 Å². The molecule has 0 spiro atoms. The zero-order chi connectivity index (χ0) is 36.7. The second-order valence-corrected chi connectivity index (χ2v) is 16.4. The summed E-state index contributed by atoms with van der Waals surface area (Å²) in [6.45, 7) is 4.18. The summed E-state index contributed by atoms with van der Waals surface area (Å²) in [7, 11) is 3.25. The molecular formula is C41H44N2O8Se. The van der Waals surface area contributed by atoms with Crippen molar-refractivity contribution in [3.05, 3.63) is 165 Å². The average Bonchev–Trinajstić information content (AvgIpc) is 3.47. The first kappa shape index (κ1) is 37.3. The first-order chi connectivity index (χ1) is 25.2. The maximum absolute atomic E-state index is 13.9. The molecule has 1 saturated heterocycles. The van der Waals surface area contributed by atoms with Gasteiger partial charge in [0.05, 0.1) is 0 Å². The van der Waals surface area contributed by atoms with Gasteiger partial charge in [0, 0.05) is 0 Å². The first-order valence-electron chi connectivity index (χ1n) is 17.2. The predicted molar refractivity (Wildman–Crippen MR) is 199 cm³/mol. The van der Waals surface area contributed by atoms with Crippen molar-refractivity contribution < 1.29 is 28.8 Å². The Balaban J connectivity index is 1.34. The van der Waals surface area contributed by atoms with Gasteiger partial charge in [0.15, 0.2) is 0 Å². The Hall–Kier alpha value is -4.48. The van der Waals surface area contributed by atoms with Crippen molar-refractivity contribution >= 4 is 15.0 Å². The maximum atomic E-state index is 13.9. The summed E-state index contributed by atoms with van der Waals surface area (Å²) in [6.07, 6.45) is -1.12. The van der Waals surface area contributed by atoms with Crippen molar-refractivity contribution in [2.24, 2.45) is 0 Å². The van der Waals surface area contributed by atoms with Gasteiger partial charge in [-0.1, -0.05) is 0 Å². The molecule has 4 aromatic carbocycles. The Labute approximate surface area is 309 Å². The van der Waals surface area contributed by atoms with Gasteiger partial charge >= 0.3 is 311 Å². The van der Waals surface area contributed by atoms with E-state index in [9.17, 15) is 14.7 Å². The van der Waals surface area contributed by atoms with Crippen molar-refractivity contribution in [1.29, 1.82) is 0 Å². The first-order valence-corrected chi connectivity index (χ1v) is 19.1. The fourth-order valence-corrected chi connectivity index (χ4v) is 9.21. The number of aliphatic hydroxyl groups excluding tert-OH is 1. The third kappa shape index (κ3) is 7.95. The molecule has 0 amide bonds. The summed E-state index contributed by atoms with van der Waals surface area (Å²) in [4.78, 5) is 26.6. The molecule has 11 heteroatoms. The van der Waals surface area contributed by atoms with E-state index in [1.165, 1.54) is 16.8 Å². The summed E-state index contributed by atoms with van der Waals surface area (Å²) in [5.41, 5.74) is 1.30. The van der Waals surface area contributed by atoms with E-state index in [-0.39, 0.29) is 39.7 Å². The summed E-state index contributed by atoms with van der Waals surface area (Å²) >= 11 is -0.133. The van der Waals surface area contributed by atoms with Crippen LogP contribution in [0.5, 0.6) is 11.5 Å². The number of aromatic nitrogens is 2. The molecule has 1 aliphatic heterocycles. The Bertz CT molecular complexity index is 1950. The van der Waals surface area contributed by atoms with Crippen molar-refractivity contribution in [3.8, 4) is 11.5 Å². The van der Waals surface area contributed by atoms with Gasteiger partial charge in [0.1, 0.15) is 0 Å². The Morgan fingerprint density at radius 3 is 1.90 bits per heavy atom. The molecule has 1 N–H and O–H groups in total. The van der Waals surface area contributed by atoms with Crippen molar-refractivity contribution in [3.63, 3.8) is 0 Å². The summed E-state index contributed by atoms with van der Waals surface area (Å²) in [5, 5.41) is 11.9. The number of benzene rings is 4. The van der Waals surface area contributed by atoms with E-state index in [0.29, 0.717) is 11.5 Å². The van der Waals surface area contributed by atoms with Crippen LogP contribution in [0.4, 0.5) is 0 Å². The second-order valence-electron chi connectivity index (χ2n) is 12.8. The normalized spacial score (nSPS) is 18.8. The van der Waals surface area contributed by atoms with E-state index >= 15 is 0 Å². The third-order valence-electron chi connectivity index (χ3n) is 9.08. The minimum atomic E-state index is -1.13. The standard InChI is InChI=1S/C41H44N2O8Se/c1-28(2)52-38-37(45)35(51-39(38)42-24-23-36(44)43(40(42)46)27-49-25-29-11-7-5-8-12-29)26-50-41(30-13-9-6-10-14-30,31-15-19-33(47-3)20-16-31)32-17-21-34(48-4)22-18-32/h5-24,28,35,37-39,45H,25-27H2,1-4H3/t35-,37-,38-,39-/m1/s1. The van der Waals surface area contributed by atoms with Crippen LogP contribution in [0.25, 0.3) is 0 Å². The van der Waals surface area contributed by atoms with Gasteiger partial charge in [-0.2, -0.15) is 0 Å². The van der Waals surface area contributed by atoms with E-state index in [0.717, 1.165) is 26.8 Å². The third-order valence-corrected chi connectivity index (χ3v) is 12.0. The topological polar surface area (TPSA) is 110 Å². The molecule has 1 aliphatic rings. The molecule has 0 unspecified atom stereocenters. The number of nitrogens with zero attached hydrogens (tertiary/aromatic N) is 2. The summed E-state index contributed by atoms with van der Waals surface area (Å²) in [5.74, 6) is 1.41. The molecule has 2 heterocycles. The molecule has 5 aromatic rings. The van der Waals surface area contributed by atoms with E-state index in [1.807, 2.05) is 109 Å². The molecule has 0 bridgehead atoms.